The highest BCUT2D eigenvalue weighted by molar-refractivity contribution is 7.79. The molecule has 8 heteroatoms. The van der Waals surface area contributed by atoms with E-state index < -0.39 is 17.0 Å². The first-order valence-corrected chi connectivity index (χ1v) is 12.5. The first-order valence-electron chi connectivity index (χ1n) is 11.4. The molecule has 7 nitrogen and oxygen atoms in total. The van der Waals surface area contributed by atoms with E-state index in [0.717, 1.165) is 22.4 Å². The molecule has 182 valence electrons. The average Bonchev–Trinajstić information content (AvgIpc) is 3.15. The second kappa shape index (κ2) is 10.0. The lowest BCUT2D eigenvalue weighted by molar-refractivity contribution is 0.0952. The topological polar surface area (TPSA) is 107 Å². The molecule has 4 rings (SSSR count). The van der Waals surface area contributed by atoms with Crippen LogP contribution in [-0.4, -0.2) is 24.2 Å². The molecule has 0 saturated carbocycles. The molecule has 0 radical (unpaired) electrons. The summed E-state index contributed by atoms with van der Waals surface area (Å²) >= 11 is -2.49. The molecular formula is C27H28N3O4S-. The van der Waals surface area contributed by atoms with E-state index in [-0.39, 0.29) is 28.6 Å². The number of H-pyrrole nitrogens is 1. The third kappa shape index (κ3) is 5.13. The lowest BCUT2D eigenvalue weighted by atomic mass is 10.00. The maximum atomic E-state index is 13.4. The van der Waals surface area contributed by atoms with Crippen molar-refractivity contribution in [2.45, 2.75) is 51.6 Å². The number of carbonyl (C=O) groups excluding carboxylic acids is 1. The number of nitrogens with zero attached hydrogens (tertiary/aromatic N) is 1. The van der Waals surface area contributed by atoms with E-state index in [1.807, 2.05) is 74.9 Å². The number of aromatic amines is 1. The first kappa shape index (κ1) is 24.6. The van der Waals surface area contributed by atoms with E-state index in [1.165, 1.54) is 6.07 Å². The SMILES string of the molecule is Cc1cc(Cc2ccccc2)c(CNC(=O)c2cc(S(=O)[O-])cc3c2c(C)cn3C(C)C)c(=O)[nH]1. The molecule has 0 bridgehead atoms. The molecule has 35 heavy (non-hydrogen) atoms. The van der Waals surface area contributed by atoms with Gasteiger partial charge >= 0.3 is 0 Å². The summed E-state index contributed by atoms with van der Waals surface area (Å²) in [5.41, 5.74) is 4.69. The Morgan fingerprint density at radius 3 is 2.51 bits per heavy atom. The molecule has 2 N–H and O–H groups in total. The van der Waals surface area contributed by atoms with Crippen molar-refractivity contribution in [3.05, 3.63) is 98.6 Å². The van der Waals surface area contributed by atoms with Gasteiger partial charge in [-0.05, 0) is 80.1 Å². The molecule has 0 fully saturated rings. The fourth-order valence-electron chi connectivity index (χ4n) is 4.48. The number of nitrogens with one attached hydrogen (secondary N) is 2. The van der Waals surface area contributed by atoms with Crippen LogP contribution in [0.2, 0.25) is 0 Å². The maximum Gasteiger partial charge on any atom is 0.253 e. The number of amides is 1. The minimum Gasteiger partial charge on any atom is -0.768 e. The van der Waals surface area contributed by atoms with Crippen molar-refractivity contribution >= 4 is 27.9 Å². The Bertz CT molecular complexity index is 1490. The molecule has 0 aliphatic heterocycles. The Balaban J connectivity index is 1.71. The third-order valence-electron chi connectivity index (χ3n) is 6.12. The molecule has 0 aliphatic rings. The van der Waals surface area contributed by atoms with Gasteiger partial charge in [0.1, 0.15) is 0 Å². The molecule has 0 saturated heterocycles. The van der Waals surface area contributed by atoms with E-state index in [4.69, 9.17) is 0 Å². The van der Waals surface area contributed by atoms with Crippen LogP contribution < -0.4 is 10.9 Å². The highest BCUT2D eigenvalue weighted by Crippen LogP contribution is 2.30. The molecule has 1 unspecified atom stereocenters. The van der Waals surface area contributed by atoms with Crippen LogP contribution in [0.3, 0.4) is 0 Å². The number of rotatable bonds is 7. The fourth-order valence-corrected chi connectivity index (χ4v) is 4.90. The summed E-state index contributed by atoms with van der Waals surface area (Å²) in [6.07, 6.45) is 2.48. The van der Waals surface area contributed by atoms with Crippen molar-refractivity contribution in [2.24, 2.45) is 0 Å². The van der Waals surface area contributed by atoms with Crippen LogP contribution in [0.4, 0.5) is 0 Å². The molecule has 2 heterocycles. The molecule has 2 aromatic carbocycles. The molecule has 1 amide bonds. The van der Waals surface area contributed by atoms with Crippen molar-refractivity contribution in [3.63, 3.8) is 0 Å². The van der Waals surface area contributed by atoms with Gasteiger partial charge in [-0.1, -0.05) is 30.3 Å². The Hall–Kier alpha value is -3.49. The van der Waals surface area contributed by atoms with Gasteiger partial charge in [-0.15, -0.1) is 0 Å². The summed E-state index contributed by atoms with van der Waals surface area (Å²) in [4.78, 5) is 29.0. The zero-order valence-electron chi connectivity index (χ0n) is 20.2. The smallest absolute Gasteiger partial charge is 0.253 e. The number of hydrogen-bond acceptors (Lipinski definition) is 4. The highest BCUT2D eigenvalue weighted by atomic mass is 32.2. The van der Waals surface area contributed by atoms with Crippen LogP contribution >= 0.6 is 0 Å². The van der Waals surface area contributed by atoms with Gasteiger partial charge in [-0.25, -0.2) is 0 Å². The Morgan fingerprint density at radius 2 is 1.86 bits per heavy atom. The molecular weight excluding hydrogens is 462 g/mol. The number of fused-ring (bicyclic) bond motifs is 1. The number of benzene rings is 2. The third-order valence-corrected chi connectivity index (χ3v) is 6.74. The summed E-state index contributed by atoms with van der Waals surface area (Å²) in [6.45, 7) is 7.74. The molecule has 4 aromatic rings. The zero-order chi connectivity index (χ0) is 25.3. The van der Waals surface area contributed by atoms with Crippen molar-refractivity contribution in [3.8, 4) is 0 Å². The summed E-state index contributed by atoms with van der Waals surface area (Å²) in [7, 11) is 0. The predicted octanol–water partition coefficient (Wildman–Crippen LogP) is 4.29. The number of carbonyl (C=O) groups is 1. The van der Waals surface area contributed by atoms with Crippen molar-refractivity contribution < 1.29 is 13.6 Å². The lowest BCUT2D eigenvalue weighted by Crippen LogP contribution is -2.28. The van der Waals surface area contributed by atoms with Gasteiger partial charge in [0.25, 0.3) is 11.5 Å². The Kier molecular flexibility index (Phi) is 7.05. The Morgan fingerprint density at radius 1 is 1.14 bits per heavy atom. The normalized spacial score (nSPS) is 12.3. The van der Waals surface area contributed by atoms with Crippen LogP contribution in [0.1, 0.15) is 58.2 Å². The summed E-state index contributed by atoms with van der Waals surface area (Å²) in [5, 5.41) is 3.56. The minimum absolute atomic E-state index is 0.0206. The molecule has 0 spiro atoms. The van der Waals surface area contributed by atoms with Gasteiger partial charge in [0.05, 0.1) is 11.1 Å². The van der Waals surface area contributed by atoms with E-state index in [1.54, 1.807) is 6.07 Å². The summed E-state index contributed by atoms with van der Waals surface area (Å²) in [6, 6.07) is 14.8. The van der Waals surface area contributed by atoms with Crippen LogP contribution in [0.15, 0.2) is 64.4 Å². The molecule has 0 aliphatic carbocycles. The monoisotopic (exact) mass is 490 g/mol. The second-order valence-electron chi connectivity index (χ2n) is 9.04. The summed E-state index contributed by atoms with van der Waals surface area (Å²) in [5.74, 6) is -0.433. The molecule has 1 atom stereocenters. The zero-order valence-corrected chi connectivity index (χ0v) is 21.0. The predicted molar refractivity (Wildman–Crippen MR) is 136 cm³/mol. The lowest BCUT2D eigenvalue weighted by Gasteiger charge is -2.15. The largest absolute Gasteiger partial charge is 0.768 e. The fraction of sp³-hybridized carbons (Fsp3) is 0.259. The number of pyridine rings is 1. The molecule has 2 aromatic heterocycles. The van der Waals surface area contributed by atoms with Gasteiger partial charge in [0, 0.05) is 40.3 Å². The number of aromatic nitrogens is 2. The summed E-state index contributed by atoms with van der Waals surface area (Å²) < 4.78 is 25.5. The van der Waals surface area contributed by atoms with E-state index in [9.17, 15) is 18.4 Å². The standard InChI is InChI=1S/C27H29N3O4S/c1-16(2)30-15-17(3)25-22(12-21(35(33)34)13-24(25)30)26(31)28-14-23-20(10-18(4)29-27(23)32)11-19-8-6-5-7-9-19/h5-10,12-13,15-16H,11,14H2,1-4H3,(H,28,31)(H,29,32)(H,33,34)/p-1. The van der Waals surface area contributed by atoms with Crippen molar-refractivity contribution in [1.82, 2.24) is 14.9 Å². The highest BCUT2D eigenvalue weighted by Gasteiger charge is 2.19. The van der Waals surface area contributed by atoms with Crippen LogP contribution in [0.25, 0.3) is 10.9 Å². The van der Waals surface area contributed by atoms with E-state index in [0.29, 0.717) is 22.9 Å². The van der Waals surface area contributed by atoms with Gasteiger partial charge < -0.3 is 19.4 Å². The average molecular weight is 491 g/mol. The first-order chi connectivity index (χ1) is 16.7. The van der Waals surface area contributed by atoms with Crippen molar-refractivity contribution in [2.75, 3.05) is 0 Å². The van der Waals surface area contributed by atoms with Gasteiger partial charge in [-0.3, -0.25) is 13.8 Å². The Labute approximate surface area is 206 Å². The maximum absolute atomic E-state index is 13.4. The van der Waals surface area contributed by atoms with Crippen molar-refractivity contribution in [1.29, 1.82) is 0 Å². The van der Waals surface area contributed by atoms with Gasteiger partial charge in [0.2, 0.25) is 0 Å². The second-order valence-corrected chi connectivity index (χ2v) is 9.98. The number of hydrogen-bond donors (Lipinski definition) is 2. The van der Waals surface area contributed by atoms with Crippen LogP contribution in [-0.2, 0) is 24.0 Å². The van der Waals surface area contributed by atoms with Crippen LogP contribution in [0, 0.1) is 13.8 Å². The van der Waals surface area contributed by atoms with Gasteiger partial charge in [0.15, 0.2) is 0 Å². The minimum atomic E-state index is -2.49. The van der Waals surface area contributed by atoms with Gasteiger partial charge in [-0.2, -0.15) is 0 Å². The van der Waals surface area contributed by atoms with E-state index in [2.05, 4.69) is 10.3 Å². The van der Waals surface area contributed by atoms with E-state index >= 15 is 0 Å². The quantitative estimate of drug-likeness (QED) is 0.377. The number of aryl methyl sites for hydroxylation is 2. The van der Waals surface area contributed by atoms with Crippen LogP contribution in [0.5, 0.6) is 0 Å².